The highest BCUT2D eigenvalue weighted by Gasteiger charge is 2.14. The molecular formula is C22H22N4O3. The summed E-state index contributed by atoms with van der Waals surface area (Å²) in [5.74, 6) is -0.392. The zero-order chi connectivity index (χ0) is 20.8. The SMILES string of the molecule is COC(=O)c1cccc(N)c1NCc1ccc(-c2ccccc2/C(N)=N/O)cc1. The number of hydrogen-bond donors (Lipinski definition) is 4. The lowest BCUT2D eigenvalue weighted by atomic mass is 9.98. The lowest BCUT2D eigenvalue weighted by Crippen LogP contribution is -2.14. The number of amidine groups is 1. The van der Waals surface area contributed by atoms with Crippen LogP contribution in [0, 0.1) is 0 Å². The maximum Gasteiger partial charge on any atom is 0.340 e. The first-order chi connectivity index (χ1) is 14.0. The molecule has 7 heteroatoms. The van der Waals surface area contributed by atoms with Gasteiger partial charge in [0, 0.05) is 12.1 Å². The largest absolute Gasteiger partial charge is 0.465 e. The first-order valence-corrected chi connectivity index (χ1v) is 8.92. The highest BCUT2D eigenvalue weighted by molar-refractivity contribution is 6.03. The van der Waals surface area contributed by atoms with E-state index in [-0.39, 0.29) is 5.84 Å². The number of carbonyl (C=O) groups excluding carboxylic acids is 1. The van der Waals surface area contributed by atoms with Crippen molar-refractivity contribution in [3.05, 3.63) is 83.4 Å². The van der Waals surface area contributed by atoms with E-state index in [0.717, 1.165) is 16.7 Å². The fourth-order valence-corrected chi connectivity index (χ4v) is 3.05. The predicted octanol–water partition coefficient (Wildman–Crippen LogP) is 3.43. The van der Waals surface area contributed by atoms with Crippen LogP contribution in [0.5, 0.6) is 0 Å². The predicted molar refractivity (Wildman–Crippen MR) is 114 cm³/mol. The fourth-order valence-electron chi connectivity index (χ4n) is 3.05. The minimum absolute atomic E-state index is 0.0567. The Balaban J connectivity index is 1.81. The molecule has 0 amide bonds. The molecule has 7 nitrogen and oxygen atoms in total. The van der Waals surface area contributed by atoms with Crippen LogP contribution in [0.4, 0.5) is 11.4 Å². The molecule has 0 aromatic heterocycles. The third-order valence-corrected chi connectivity index (χ3v) is 4.55. The van der Waals surface area contributed by atoms with Crippen LogP contribution in [-0.2, 0) is 11.3 Å². The molecular weight excluding hydrogens is 368 g/mol. The highest BCUT2D eigenvalue weighted by atomic mass is 16.5. The van der Waals surface area contributed by atoms with Gasteiger partial charge in [0.25, 0.3) is 0 Å². The smallest absolute Gasteiger partial charge is 0.340 e. The Hall–Kier alpha value is -4.00. The first-order valence-electron chi connectivity index (χ1n) is 8.92. The van der Waals surface area contributed by atoms with Gasteiger partial charge in [0.2, 0.25) is 0 Å². The summed E-state index contributed by atoms with van der Waals surface area (Å²) in [7, 11) is 1.33. The number of oxime groups is 1. The molecule has 0 saturated heterocycles. The number of esters is 1. The van der Waals surface area contributed by atoms with E-state index < -0.39 is 5.97 Å². The van der Waals surface area contributed by atoms with Crippen molar-refractivity contribution in [1.82, 2.24) is 0 Å². The van der Waals surface area contributed by atoms with Crippen LogP contribution in [0.15, 0.2) is 71.9 Å². The molecule has 0 aliphatic carbocycles. The van der Waals surface area contributed by atoms with Crippen LogP contribution in [0.25, 0.3) is 11.1 Å². The van der Waals surface area contributed by atoms with Crippen molar-refractivity contribution in [1.29, 1.82) is 0 Å². The summed E-state index contributed by atoms with van der Waals surface area (Å²) in [5, 5.41) is 15.3. The third-order valence-electron chi connectivity index (χ3n) is 4.55. The van der Waals surface area contributed by atoms with Crippen LogP contribution in [0.2, 0.25) is 0 Å². The summed E-state index contributed by atoms with van der Waals surface area (Å²) in [6, 6.07) is 20.4. The topological polar surface area (TPSA) is 123 Å². The minimum Gasteiger partial charge on any atom is -0.465 e. The van der Waals surface area contributed by atoms with Gasteiger partial charge in [-0.05, 0) is 28.8 Å². The van der Waals surface area contributed by atoms with Crippen LogP contribution < -0.4 is 16.8 Å². The number of methoxy groups -OCH3 is 1. The lowest BCUT2D eigenvalue weighted by Gasteiger charge is -2.14. The van der Waals surface area contributed by atoms with Crippen molar-refractivity contribution in [3.8, 4) is 11.1 Å². The van der Waals surface area contributed by atoms with Crippen molar-refractivity contribution in [3.63, 3.8) is 0 Å². The Bertz CT molecular complexity index is 1050. The number of nitrogens with zero attached hydrogens (tertiary/aromatic N) is 1. The Morgan fingerprint density at radius 1 is 1.03 bits per heavy atom. The molecule has 0 radical (unpaired) electrons. The molecule has 29 heavy (non-hydrogen) atoms. The number of hydrogen-bond acceptors (Lipinski definition) is 6. The van der Waals surface area contributed by atoms with Gasteiger partial charge >= 0.3 is 5.97 Å². The van der Waals surface area contributed by atoms with Gasteiger partial charge in [-0.25, -0.2) is 4.79 Å². The normalized spacial score (nSPS) is 11.1. The molecule has 0 bridgehead atoms. The van der Waals surface area contributed by atoms with Gasteiger partial charge in [-0.15, -0.1) is 0 Å². The number of para-hydroxylation sites is 1. The lowest BCUT2D eigenvalue weighted by molar-refractivity contribution is 0.0602. The van der Waals surface area contributed by atoms with E-state index in [1.165, 1.54) is 7.11 Å². The second kappa shape index (κ2) is 8.79. The standard InChI is InChI=1S/C22H22N4O3/c1-29-22(27)18-7-4-8-19(23)20(18)25-13-14-9-11-15(12-10-14)16-5-2-3-6-17(16)21(24)26-28/h2-12,25,28H,13,23H2,1H3,(H2,24,26). The quantitative estimate of drug-likeness (QED) is 0.128. The Morgan fingerprint density at radius 3 is 2.41 bits per heavy atom. The number of ether oxygens (including phenoxy) is 1. The van der Waals surface area contributed by atoms with E-state index in [1.807, 2.05) is 42.5 Å². The number of rotatable bonds is 6. The molecule has 0 unspecified atom stereocenters. The van der Waals surface area contributed by atoms with Crippen molar-refractivity contribution < 1.29 is 14.7 Å². The fraction of sp³-hybridized carbons (Fsp3) is 0.0909. The molecule has 0 fully saturated rings. The summed E-state index contributed by atoms with van der Waals surface area (Å²) in [6.07, 6.45) is 0. The van der Waals surface area contributed by atoms with Crippen molar-refractivity contribution in [2.75, 3.05) is 18.2 Å². The zero-order valence-corrected chi connectivity index (χ0v) is 15.9. The van der Waals surface area contributed by atoms with E-state index in [1.54, 1.807) is 24.3 Å². The number of carbonyl (C=O) groups is 1. The average molecular weight is 390 g/mol. The van der Waals surface area contributed by atoms with Gasteiger partial charge in [0.05, 0.1) is 24.0 Å². The van der Waals surface area contributed by atoms with Crippen LogP contribution in [-0.4, -0.2) is 24.1 Å². The zero-order valence-electron chi connectivity index (χ0n) is 15.9. The summed E-state index contributed by atoms with van der Waals surface area (Å²) >= 11 is 0. The van der Waals surface area contributed by atoms with E-state index in [4.69, 9.17) is 21.4 Å². The molecule has 3 rings (SSSR count). The molecule has 0 saturated carbocycles. The average Bonchev–Trinajstić information content (AvgIpc) is 2.77. The van der Waals surface area contributed by atoms with Gasteiger partial charge in [0.15, 0.2) is 5.84 Å². The van der Waals surface area contributed by atoms with Crippen molar-refractivity contribution >= 4 is 23.2 Å². The van der Waals surface area contributed by atoms with Crippen LogP contribution >= 0.6 is 0 Å². The Labute approximate surface area is 168 Å². The number of benzene rings is 3. The molecule has 6 N–H and O–H groups in total. The van der Waals surface area contributed by atoms with Crippen LogP contribution in [0.1, 0.15) is 21.5 Å². The summed E-state index contributed by atoms with van der Waals surface area (Å²) in [5.41, 5.74) is 16.6. The van der Waals surface area contributed by atoms with E-state index >= 15 is 0 Å². The second-order valence-corrected chi connectivity index (χ2v) is 6.34. The number of anilines is 2. The summed E-state index contributed by atoms with van der Waals surface area (Å²) in [4.78, 5) is 12.0. The molecule has 0 aliphatic rings. The molecule has 148 valence electrons. The van der Waals surface area contributed by atoms with Crippen LogP contribution in [0.3, 0.4) is 0 Å². The first kappa shape index (κ1) is 19.8. The van der Waals surface area contributed by atoms with Gasteiger partial charge in [-0.1, -0.05) is 59.8 Å². The minimum atomic E-state index is -0.449. The summed E-state index contributed by atoms with van der Waals surface area (Å²) < 4.78 is 4.82. The molecule has 0 heterocycles. The molecule has 0 aliphatic heterocycles. The highest BCUT2D eigenvalue weighted by Crippen LogP contribution is 2.26. The second-order valence-electron chi connectivity index (χ2n) is 6.34. The van der Waals surface area contributed by atoms with Gasteiger partial charge in [0.1, 0.15) is 0 Å². The van der Waals surface area contributed by atoms with Gasteiger partial charge in [-0.2, -0.15) is 0 Å². The maximum absolute atomic E-state index is 12.0. The van der Waals surface area contributed by atoms with Crippen molar-refractivity contribution in [2.45, 2.75) is 6.54 Å². The molecule has 0 spiro atoms. The number of nitrogens with two attached hydrogens (primary N) is 2. The molecule has 0 atom stereocenters. The Kier molecular flexibility index (Phi) is 5.99. The summed E-state index contributed by atoms with van der Waals surface area (Å²) in [6.45, 7) is 0.473. The van der Waals surface area contributed by atoms with Crippen molar-refractivity contribution in [2.24, 2.45) is 10.9 Å². The van der Waals surface area contributed by atoms with E-state index in [0.29, 0.717) is 29.0 Å². The number of nitrogens with one attached hydrogen (secondary N) is 1. The van der Waals surface area contributed by atoms with Gasteiger partial charge < -0.3 is 26.7 Å². The molecule has 3 aromatic rings. The maximum atomic E-state index is 12.0. The van der Waals surface area contributed by atoms with E-state index in [2.05, 4.69) is 10.5 Å². The third kappa shape index (κ3) is 4.30. The number of nitrogen functional groups attached to an aromatic ring is 1. The molecule has 3 aromatic carbocycles. The van der Waals surface area contributed by atoms with E-state index in [9.17, 15) is 4.79 Å². The Morgan fingerprint density at radius 2 is 1.72 bits per heavy atom. The van der Waals surface area contributed by atoms with Gasteiger partial charge in [-0.3, -0.25) is 0 Å². The monoisotopic (exact) mass is 390 g/mol.